The van der Waals surface area contributed by atoms with Crippen LogP contribution in [0.15, 0.2) is 30.3 Å². The van der Waals surface area contributed by atoms with Crippen LogP contribution in [0.3, 0.4) is 0 Å². The SMILES string of the molecule is COCOC[C@H](C)[C@H](O)CC(=O)NC(=O)c1ccccc1. The molecule has 0 radical (unpaired) electrons. The van der Waals surface area contributed by atoms with E-state index in [1.807, 2.05) is 0 Å². The molecule has 0 saturated carbocycles. The largest absolute Gasteiger partial charge is 0.392 e. The van der Waals surface area contributed by atoms with Gasteiger partial charge in [-0.3, -0.25) is 14.9 Å². The summed E-state index contributed by atoms with van der Waals surface area (Å²) >= 11 is 0. The molecule has 0 spiro atoms. The number of imide groups is 1. The van der Waals surface area contributed by atoms with Crippen LogP contribution in [0.25, 0.3) is 0 Å². The quantitative estimate of drug-likeness (QED) is 0.551. The number of rotatable bonds is 8. The maximum atomic E-state index is 11.8. The normalized spacial score (nSPS) is 13.5. The zero-order valence-corrected chi connectivity index (χ0v) is 12.2. The van der Waals surface area contributed by atoms with Gasteiger partial charge in [0.1, 0.15) is 6.79 Å². The molecular formula is C15H21NO5. The van der Waals surface area contributed by atoms with Crippen molar-refractivity contribution in [1.29, 1.82) is 0 Å². The lowest BCUT2D eigenvalue weighted by molar-refractivity contribution is -0.123. The van der Waals surface area contributed by atoms with Crippen LogP contribution < -0.4 is 5.32 Å². The molecule has 2 atom stereocenters. The highest BCUT2D eigenvalue weighted by atomic mass is 16.7. The van der Waals surface area contributed by atoms with Gasteiger partial charge in [0.05, 0.1) is 19.1 Å². The second-order valence-electron chi connectivity index (χ2n) is 4.77. The van der Waals surface area contributed by atoms with E-state index >= 15 is 0 Å². The van der Waals surface area contributed by atoms with Crippen LogP contribution in [-0.2, 0) is 14.3 Å². The Morgan fingerprint density at radius 2 is 1.95 bits per heavy atom. The van der Waals surface area contributed by atoms with E-state index in [2.05, 4.69) is 5.32 Å². The maximum absolute atomic E-state index is 11.8. The van der Waals surface area contributed by atoms with E-state index in [1.54, 1.807) is 37.3 Å². The molecule has 0 saturated heterocycles. The molecule has 1 aromatic carbocycles. The Balaban J connectivity index is 2.37. The average molecular weight is 295 g/mol. The molecule has 1 rings (SSSR count). The fraction of sp³-hybridized carbons (Fsp3) is 0.467. The van der Waals surface area contributed by atoms with Crippen LogP contribution in [0.4, 0.5) is 0 Å². The van der Waals surface area contributed by atoms with Crippen LogP contribution in [0.2, 0.25) is 0 Å². The molecule has 1 aromatic rings. The third-order valence-corrected chi connectivity index (χ3v) is 2.92. The number of amides is 2. The van der Waals surface area contributed by atoms with Gasteiger partial charge in [-0.15, -0.1) is 0 Å². The zero-order valence-electron chi connectivity index (χ0n) is 12.2. The minimum Gasteiger partial charge on any atom is -0.392 e. The average Bonchev–Trinajstić information content (AvgIpc) is 2.48. The van der Waals surface area contributed by atoms with Crippen LogP contribution in [0.5, 0.6) is 0 Å². The summed E-state index contributed by atoms with van der Waals surface area (Å²) in [5, 5.41) is 12.1. The van der Waals surface area contributed by atoms with Gasteiger partial charge in [0.15, 0.2) is 0 Å². The smallest absolute Gasteiger partial charge is 0.257 e. The number of aliphatic hydroxyl groups excluding tert-OH is 1. The summed E-state index contributed by atoms with van der Waals surface area (Å²) in [5.74, 6) is -1.23. The second kappa shape index (κ2) is 9.23. The Bertz CT molecular complexity index is 449. The summed E-state index contributed by atoms with van der Waals surface area (Å²) in [6, 6.07) is 8.43. The van der Waals surface area contributed by atoms with Crippen molar-refractivity contribution in [3.8, 4) is 0 Å². The number of methoxy groups -OCH3 is 1. The van der Waals surface area contributed by atoms with E-state index < -0.39 is 17.9 Å². The highest BCUT2D eigenvalue weighted by Gasteiger charge is 2.19. The monoisotopic (exact) mass is 295 g/mol. The van der Waals surface area contributed by atoms with Crippen LogP contribution >= 0.6 is 0 Å². The molecule has 116 valence electrons. The van der Waals surface area contributed by atoms with Gasteiger partial charge in [0.2, 0.25) is 5.91 Å². The minimum atomic E-state index is -0.884. The molecule has 0 fully saturated rings. The highest BCUT2D eigenvalue weighted by molar-refractivity contribution is 6.04. The number of carbonyl (C=O) groups excluding carboxylic acids is 2. The van der Waals surface area contributed by atoms with E-state index in [9.17, 15) is 14.7 Å². The predicted molar refractivity (Wildman–Crippen MR) is 76.5 cm³/mol. The van der Waals surface area contributed by atoms with Crippen molar-refractivity contribution in [2.24, 2.45) is 5.92 Å². The Morgan fingerprint density at radius 3 is 2.57 bits per heavy atom. The second-order valence-corrected chi connectivity index (χ2v) is 4.77. The Morgan fingerprint density at radius 1 is 1.29 bits per heavy atom. The van der Waals surface area contributed by atoms with Gasteiger partial charge >= 0.3 is 0 Å². The summed E-state index contributed by atoms with van der Waals surface area (Å²) in [6.45, 7) is 2.16. The van der Waals surface area contributed by atoms with Crippen molar-refractivity contribution >= 4 is 11.8 Å². The molecule has 0 aliphatic carbocycles. The number of nitrogens with one attached hydrogen (secondary N) is 1. The maximum Gasteiger partial charge on any atom is 0.257 e. The lowest BCUT2D eigenvalue weighted by atomic mass is 10.0. The molecule has 6 heteroatoms. The summed E-state index contributed by atoms with van der Waals surface area (Å²) in [6.07, 6.45) is -1.04. The van der Waals surface area contributed by atoms with Crippen molar-refractivity contribution in [1.82, 2.24) is 5.32 Å². The third-order valence-electron chi connectivity index (χ3n) is 2.92. The molecule has 0 bridgehead atoms. The van der Waals surface area contributed by atoms with Gasteiger partial charge in [-0.1, -0.05) is 25.1 Å². The minimum absolute atomic E-state index is 0.135. The fourth-order valence-electron chi connectivity index (χ4n) is 1.66. The highest BCUT2D eigenvalue weighted by Crippen LogP contribution is 2.08. The molecule has 0 aromatic heterocycles. The number of benzene rings is 1. The number of aliphatic hydroxyl groups is 1. The topological polar surface area (TPSA) is 84.9 Å². The first-order valence-corrected chi connectivity index (χ1v) is 6.68. The molecule has 6 nitrogen and oxygen atoms in total. The first kappa shape index (κ1) is 17.3. The van der Waals surface area contributed by atoms with Gasteiger partial charge in [-0.2, -0.15) is 0 Å². The molecule has 0 heterocycles. The van der Waals surface area contributed by atoms with E-state index in [-0.39, 0.29) is 25.7 Å². The molecule has 0 aliphatic heterocycles. The molecular weight excluding hydrogens is 274 g/mol. The van der Waals surface area contributed by atoms with Gasteiger partial charge in [0, 0.05) is 18.6 Å². The predicted octanol–water partition coefficient (Wildman–Crippen LogP) is 0.951. The van der Waals surface area contributed by atoms with Crippen molar-refractivity contribution in [2.75, 3.05) is 20.5 Å². The van der Waals surface area contributed by atoms with E-state index in [0.717, 1.165) is 0 Å². The lowest BCUT2D eigenvalue weighted by Gasteiger charge is -2.18. The number of hydrogen-bond acceptors (Lipinski definition) is 5. The first-order chi connectivity index (χ1) is 10.0. The Hall–Kier alpha value is -1.76. The van der Waals surface area contributed by atoms with Gasteiger partial charge < -0.3 is 14.6 Å². The van der Waals surface area contributed by atoms with Gasteiger partial charge in [-0.05, 0) is 12.1 Å². The number of ether oxygens (including phenoxy) is 2. The summed E-state index contributed by atoms with van der Waals surface area (Å²) in [5.41, 5.74) is 0.400. The van der Waals surface area contributed by atoms with Crippen LogP contribution in [0, 0.1) is 5.92 Å². The van der Waals surface area contributed by atoms with Crippen molar-refractivity contribution in [3.63, 3.8) is 0 Å². The molecule has 0 unspecified atom stereocenters. The van der Waals surface area contributed by atoms with Crippen LogP contribution in [0.1, 0.15) is 23.7 Å². The van der Waals surface area contributed by atoms with E-state index in [4.69, 9.17) is 9.47 Å². The fourth-order valence-corrected chi connectivity index (χ4v) is 1.66. The Labute approximate surface area is 124 Å². The van der Waals surface area contributed by atoms with Crippen LogP contribution in [-0.4, -0.2) is 43.5 Å². The third kappa shape index (κ3) is 6.48. The van der Waals surface area contributed by atoms with Crippen molar-refractivity contribution < 1.29 is 24.2 Å². The van der Waals surface area contributed by atoms with Crippen molar-refractivity contribution in [2.45, 2.75) is 19.4 Å². The van der Waals surface area contributed by atoms with Gasteiger partial charge in [-0.25, -0.2) is 0 Å². The molecule has 21 heavy (non-hydrogen) atoms. The molecule has 0 aliphatic rings. The summed E-state index contributed by atoms with van der Waals surface area (Å²) in [7, 11) is 1.50. The van der Waals surface area contributed by atoms with E-state index in [0.29, 0.717) is 5.56 Å². The lowest BCUT2D eigenvalue weighted by Crippen LogP contribution is -2.35. The molecule has 2 amide bonds. The van der Waals surface area contributed by atoms with E-state index in [1.165, 1.54) is 7.11 Å². The first-order valence-electron chi connectivity index (χ1n) is 6.68. The summed E-state index contributed by atoms with van der Waals surface area (Å²) < 4.78 is 9.84. The Kier molecular flexibility index (Phi) is 7.60. The van der Waals surface area contributed by atoms with Crippen molar-refractivity contribution in [3.05, 3.63) is 35.9 Å². The zero-order chi connectivity index (χ0) is 15.7. The number of hydrogen-bond donors (Lipinski definition) is 2. The standard InChI is InChI=1S/C15H21NO5/c1-11(9-21-10-20-2)13(17)8-14(18)16-15(19)12-6-4-3-5-7-12/h3-7,11,13,17H,8-10H2,1-2H3,(H,16,18,19)/t11-,13+/m0/s1. The van der Waals surface area contributed by atoms with Gasteiger partial charge in [0.25, 0.3) is 5.91 Å². The molecule has 2 N–H and O–H groups in total. The summed E-state index contributed by atoms with van der Waals surface area (Å²) in [4.78, 5) is 23.5. The number of carbonyl (C=O) groups is 2.